The summed E-state index contributed by atoms with van der Waals surface area (Å²) in [5, 5.41) is 2.79. The van der Waals surface area contributed by atoms with Crippen molar-refractivity contribution in [3.8, 4) is 0 Å². The van der Waals surface area contributed by atoms with Crippen LogP contribution in [0, 0.1) is 13.8 Å². The highest BCUT2D eigenvalue weighted by atomic mass is 35.5. The lowest BCUT2D eigenvalue weighted by atomic mass is 10.1. The molecule has 0 saturated carbocycles. The molecule has 2 aromatic rings. The van der Waals surface area contributed by atoms with Crippen LogP contribution in [0.3, 0.4) is 0 Å². The van der Waals surface area contributed by atoms with Crippen molar-refractivity contribution >= 4 is 52.5 Å². The first kappa shape index (κ1) is 19.5. The minimum absolute atomic E-state index is 0.0903. The predicted molar refractivity (Wildman–Crippen MR) is 109 cm³/mol. The van der Waals surface area contributed by atoms with Gasteiger partial charge in [0.05, 0.1) is 16.7 Å². The van der Waals surface area contributed by atoms with Crippen molar-refractivity contribution in [1.82, 2.24) is 0 Å². The van der Waals surface area contributed by atoms with Gasteiger partial charge in [0.1, 0.15) is 0 Å². The lowest BCUT2D eigenvalue weighted by Crippen LogP contribution is -2.32. The molecule has 5 nitrogen and oxygen atoms in total. The number of hydrogen-bond donors (Lipinski definition) is 1. The molecule has 140 valence electrons. The summed E-state index contributed by atoms with van der Waals surface area (Å²) in [6.07, 6.45) is 0.102. The molecule has 3 rings (SSSR count). The van der Waals surface area contributed by atoms with Crippen LogP contribution in [0.1, 0.15) is 17.5 Å². The molecule has 0 unspecified atom stereocenters. The summed E-state index contributed by atoms with van der Waals surface area (Å²) < 4.78 is 0. The Kier molecular flexibility index (Phi) is 5.87. The summed E-state index contributed by atoms with van der Waals surface area (Å²) in [5.41, 5.74) is 3.20. The van der Waals surface area contributed by atoms with Crippen molar-refractivity contribution in [2.45, 2.75) is 25.5 Å². The van der Waals surface area contributed by atoms with Crippen LogP contribution in [-0.4, -0.2) is 28.7 Å². The van der Waals surface area contributed by atoms with Gasteiger partial charge >= 0.3 is 0 Å². The quantitative estimate of drug-likeness (QED) is 0.768. The van der Waals surface area contributed by atoms with E-state index in [4.69, 9.17) is 11.6 Å². The molecule has 1 N–H and O–H groups in total. The van der Waals surface area contributed by atoms with Crippen LogP contribution in [-0.2, 0) is 14.4 Å². The van der Waals surface area contributed by atoms with E-state index >= 15 is 0 Å². The van der Waals surface area contributed by atoms with E-state index in [1.807, 2.05) is 26.0 Å². The highest BCUT2D eigenvalue weighted by Crippen LogP contribution is 2.32. The second kappa shape index (κ2) is 8.15. The number of amides is 3. The zero-order valence-electron chi connectivity index (χ0n) is 15.0. The fourth-order valence-electron chi connectivity index (χ4n) is 2.95. The predicted octanol–water partition coefficient (Wildman–Crippen LogP) is 3.96. The van der Waals surface area contributed by atoms with Crippen LogP contribution >= 0.6 is 23.4 Å². The molecule has 0 aromatic heterocycles. The summed E-state index contributed by atoms with van der Waals surface area (Å²) in [6.45, 7) is 3.84. The molecular formula is C20H19ClN2O3S. The third kappa shape index (κ3) is 4.51. The third-order valence-corrected chi connectivity index (χ3v) is 5.69. The number of carbonyl (C=O) groups excluding carboxylic acids is 3. The fraction of sp³-hybridized carbons (Fsp3) is 0.250. The summed E-state index contributed by atoms with van der Waals surface area (Å²) in [4.78, 5) is 38.4. The molecule has 1 aliphatic rings. The zero-order valence-corrected chi connectivity index (χ0v) is 16.6. The van der Waals surface area contributed by atoms with E-state index in [1.54, 1.807) is 30.3 Å². The molecule has 3 amide bonds. The van der Waals surface area contributed by atoms with Crippen molar-refractivity contribution in [2.24, 2.45) is 0 Å². The molecule has 2 aromatic carbocycles. The molecule has 0 radical (unpaired) electrons. The third-order valence-electron chi connectivity index (χ3n) is 4.24. The molecule has 1 heterocycles. The Hall–Kier alpha value is -2.31. The van der Waals surface area contributed by atoms with E-state index in [-0.39, 0.29) is 29.9 Å². The number of imide groups is 1. The van der Waals surface area contributed by atoms with Crippen LogP contribution in [0.5, 0.6) is 0 Å². The largest absolute Gasteiger partial charge is 0.325 e. The second-order valence-electron chi connectivity index (χ2n) is 6.42. The number of anilines is 2. The second-order valence-corrected chi connectivity index (χ2v) is 8.04. The van der Waals surface area contributed by atoms with E-state index < -0.39 is 5.25 Å². The molecule has 1 aliphatic heterocycles. The lowest BCUT2D eigenvalue weighted by Gasteiger charge is -2.17. The van der Waals surface area contributed by atoms with Gasteiger partial charge in [-0.15, -0.1) is 11.8 Å². The van der Waals surface area contributed by atoms with Crippen LogP contribution in [0.2, 0.25) is 5.02 Å². The molecule has 1 saturated heterocycles. The Bertz CT molecular complexity index is 899. The number of nitrogens with zero attached hydrogens (tertiary/aromatic N) is 1. The van der Waals surface area contributed by atoms with Gasteiger partial charge in [-0.2, -0.15) is 0 Å². The van der Waals surface area contributed by atoms with Crippen molar-refractivity contribution in [1.29, 1.82) is 0 Å². The van der Waals surface area contributed by atoms with E-state index in [1.165, 1.54) is 16.7 Å². The number of benzene rings is 2. The first-order chi connectivity index (χ1) is 12.8. The van der Waals surface area contributed by atoms with Crippen LogP contribution in [0.25, 0.3) is 0 Å². The average molecular weight is 403 g/mol. The van der Waals surface area contributed by atoms with Crippen molar-refractivity contribution in [2.75, 3.05) is 16.0 Å². The Morgan fingerprint density at radius 1 is 1.19 bits per heavy atom. The van der Waals surface area contributed by atoms with Gasteiger partial charge in [-0.1, -0.05) is 29.3 Å². The first-order valence-electron chi connectivity index (χ1n) is 8.46. The van der Waals surface area contributed by atoms with Gasteiger partial charge in [-0.25, -0.2) is 4.90 Å². The normalized spacial score (nSPS) is 16.7. The van der Waals surface area contributed by atoms with Crippen LogP contribution in [0.15, 0.2) is 42.5 Å². The van der Waals surface area contributed by atoms with E-state index in [9.17, 15) is 14.4 Å². The van der Waals surface area contributed by atoms with E-state index in [2.05, 4.69) is 5.32 Å². The van der Waals surface area contributed by atoms with Gasteiger partial charge in [-0.3, -0.25) is 14.4 Å². The standard InChI is InChI=1S/C20H19ClN2O3S/c1-12-3-8-16(13(2)9-12)23-19(25)10-17(20(23)26)27-11-18(24)22-15-6-4-14(21)5-7-15/h3-9,17H,10-11H2,1-2H3,(H,22,24)/t17-/m1/s1. The van der Waals surface area contributed by atoms with Gasteiger partial charge < -0.3 is 5.32 Å². The lowest BCUT2D eigenvalue weighted by molar-refractivity contribution is -0.121. The molecule has 1 fully saturated rings. The molecular weight excluding hydrogens is 384 g/mol. The summed E-state index contributed by atoms with van der Waals surface area (Å²) in [7, 11) is 0. The van der Waals surface area contributed by atoms with Crippen molar-refractivity contribution in [3.05, 3.63) is 58.6 Å². The fourth-order valence-corrected chi connectivity index (χ4v) is 4.01. The molecule has 0 aliphatic carbocycles. The minimum Gasteiger partial charge on any atom is -0.325 e. The highest BCUT2D eigenvalue weighted by molar-refractivity contribution is 8.01. The number of aryl methyl sites for hydroxylation is 2. The number of hydrogen-bond acceptors (Lipinski definition) is 4. The Balaban J connectivity index is 1.61. The zero-order chi connectivity index (χ0) is 19.6. The summed E-state index contributed by atoms with van der Waals surface area (Å²) in [5.74, 6) is -0.640. The smallest absolute Gasteiger partial charge is 0.247 e. The van der Waals surface area contributed by atoms with E-state index in [0.717, 1.165) is 11.1 Å². The molecule has 27 heavy (non-hydrogen) atoms. The maximum absolute atomic E-state index is 12.7. The SMILES string of the molecule is Cc1ccc(N2C(=O)C[C@@H](SCC(=O)Nc3ccc(Cl)cc3)C2=O)c(C)c1. The summed E-state index contributed by atoms with van der Waals surface area (Å²) in [6, 6.07) is 12.4. The Morgan fingerprint density at radius 2 is 1.89 bits per heavy atom. The van der Waals surface area contributed by atoms with Crippen molar-refractivity contribution in [3.63, 3.8) is 0 Å². The first-order valence-corrected chi connectivity index (χ1v) is 9.89. The topological polar surface area (TPSA) is 66.5 Å². The number of carbonyl (C=O) groups is 3. The van der Waals surface area contributed by atoms with E-state index in [0.29, 0.717) is 16.4 Å². The number of thioether (sulfide) groups is 1. The maximum Gasteiger partial charge on any atom is 0.247 e. The van der Waals surface area contributed by atoms with Gasteiger partial charge in [0.2, 0.25) is 17.7 Å². The molecule has 0 bridgehead atoms. The Labute approximate surface area is 167 Å². The minimum atomic E-state index is -0.547. The number of halogens is 1. The van der Waals surface area contributed by atoms with Crippen molar-refractivity contribution < 1.29 is 14.4 Å². The molecule has 0 spiro atoms. The van der Waals surface area contributed by atoms with Gasteiger partial charge in [0, 0.05) is 17.1 Å². The molecule has 7 heteroatoms. The molecule has 1 atom stereocenters. The average Bonchev–Trinajstić information content (AvgIpc) is 2.89. The Morgan fingerprint density at radius 3 is 2.56 bits per heavy atom. The number of rotatable bonds is 5. The van der Waals surface area contributed by atoms with Gasteiger partial charge in [0.15, 0.2) is 0 Å². The monoisotopic (exact) mass is 402 g/mol. The van der Waals surface area contributed by atoms with Gasteiger partial charge in [0.25, 0.3) is 0 Å². The van der Waals surface area contributed by atoms with Gasteiger partial charge in [-0.05, 0) is 49.7 Å². The summed E-state index contributed by atoms with van der Waals surface area (Å²) >= 11 is 7.00. The maximum atomic E-state index is 12.7. The van der Waals surface area contributed by atoms with Crippen LogP contribution in [0.4, 0.5) is 11.4 Å². The number of nitrogens with one attached hydrogen (secondary N) is 1. The highest BCUT2D eigenvalue weighted by Gasteiger charge is 2.40. The van der Waals surface area contributed by atoms with Crippen LogP contribution < -0.4 is 10.2 Å².